The summed E-state index contributed by atoms with van der Waals surface area (Å²) in [5, 5.41) is 7.05. The fourth-order valence-corrected chi connectivity index (χ4v) is 3.59. The Bertz CT molecular complexity index is 967. The number of carbonyl (C=O) groups excluding carboxylic acids is 4. The van der Waals surface area contributed by atoms with Crippen LogP contribution in [0.1, 0.15) is 36.0 Å². The summed E-state index contributed by atoms with van der Waals surface area (Å²) in [6.07, 6.45) is 1.79. The van der Waals surface area contributed by atoms with Gasteiger partial charge in [-0.2, -0.15) is 0 Å². The summed E-state index contributed by atoms with van der Waals surface area (Å²) in [5.74, 6) is -1.22. The number of fused-ring (bicyclic) bond motifs is 1. The van der Waals surface area contributed by atoms with E-state index >= 15 is 0 Å². The Balaban J connectivity index is 1.35. The van der Waals surface area contributed by atoms with Gasteiger partial charge in [-0.3, -0.25) is 24.5 Å². The molecule has 28 heavy (non-hydrogen) atoms. The van der Waals surface area contributed by atoms with Crippen molar-refractivity contribution in [2.24, 2.45) is 0 Å². The molecular formula is C21H21N3O4. The Labute approximate surface area is 162 Å². The van der Waals surface area contributed by atoms with Crippen molar-refractivity contribution in [2.75, 3.05) is 6.54 Å². The van der Waals surface area contributed by atoms with Crippen molar-refractivity contribution < 1.29 is 19.2 Å². The molecule has 2 N–H and O–H groups in total. The van der Waals surface area contributed by atoms with E-state index in [1.54, 1.807) is 6.07 Å². The second-order valence-corrected chi connectivity index (χ2v) is 7.23. The maximum atomic E-state index is 12.6. The third-order valence-corrected chi connectivity index (χ3v) is 5.14. The third-order valence-electron chi connectivity index (χ3n) is 5.14. The monoisotopic (exact) mass is 379 g/mol. The Hall–Kier alpha value is -3.22. The molecule has 7 nitrogen and oxygen atoms in total. The lowest BCUT2D eigenvalue weighted by atomic mass is 10.1. The van der Waals surface area contributed by atoms with Crippen molar-refractivity contribution in [3.05, 3.63) is 48.0 Å². The lowest BCUT2D eigenvalue weighted by molar-refractivity contribution is -0.139. The van der Waals surface area contributed by atoms with Crippen LogP contribution in [0, 0.1) is 0 Å². The first-order valence-corrected chi connectivity index (χ1v) is 9.45. The van der Waals surface area contributed by atoms with Crippen LogP contribution >= 0.6 is 0 Å². The number of nitrogens with one attached hydrogen (secondary N) is 2. The van der Waals surface area contributed by atoms with Crippen LogP contribution in [0.3, 0.4) is 0 Å². The summed E-state index contributed by atoms with van der Waals surface area (Å²) >= 11 is 0. The van der Waals surface area contributed by atoms with Gasteiger partial charge in [0.25, 0.3) is 5.91 Å². The minimum absolute atomic E-state index is 0.0184. The van der Waals surface area contributed by atoms with Gasteiger partial charge in [0.05, 0.1) is 6.42 Å². The average molecular weight is 379 g/mol. The van der Waals surface area contributed by atoms with Crippen LogP contribution in [0.5, 0.6) is 0 Å². The molecular weight excluding hydrogens is 358 g/mol. The second-order valence-electron chi connectivity index (χ2n) is 7.23. The summed E-state index contributed by atoms with van der Waals surface area (Å²) in [6.45, 7) is 0.177. The van der Waals surface area contributed by atoms with Gasteiger partial charge in [-0.05, 0) is 35.7 Å². The average Bonchev–Trinajstić information content (AvgIpc) is 3.46. The molecule has 1 aliphatic carbocycles. The molecule has 2 aromatic rings. The predicted octanol–water partition coefficient (Wildman–Crippen LogP) is 1.37. The molecule has 2 fully saturated rings. The quantitative estimate of drug-likeness (QED) is 0.741. The van der Waals surface area contributed by atoms with E-state index in [1.165, 1.54) is 4.90 Å². The number of benzene rings is 2. The summed E-state index contributed by atoms with van der Waals surface area (Å²) in [7, 11) is 0. The molecule has 4 rings (SSSR count). The summed E-state index contributed by atoms with van der Waals surface area (Å²) < 4.78 is 0. The van der Waals surface area contributed by atoms with Gasteiger partial charge in [0.2, 0.25) is 17.7 Å². The number of hydrogen-bond acceptors (Lipinski definition) is 4. The van der Waals surface area contributed by atoms with Crippen LogP contribution in [0.15, 0.2) is 42.5 Å². The summed E-state index contributed by atoms with van der Waals surface area (Å²) in [4.78, 5) is 50.0. The highest BCUT2D eigenvalue weighted by molar-refractivity contribution is 6.07. The fraction of sp³-hybridized carbons (Fsp3) is 0.333. The normalized spacial score (nSPS) is 18.8. The molecule has 0 aromatic heterocycles. The molecule has 1 saturated heterocycles. The van der Waals surface area contributed by atoms with E-state index in [0.717, 1.165) is 23.6 Å². The van der Waals surface area contributed by atoms with Gasteiger partial charge in [0, 0.05) is 24.6 Å². The smallest absolute Gasteiger partial charge is 0.251 e. The SMILES string of the molecule is O=C1CC(N(C(=O)CCNC(=O)c2ccc3ccccc3c2)C2CC2)C(=O)N1. The molecule has 7 heteroatoms. The van der Waals surface area contributed by atoms with Crippen LogP contribution in [-0.4, -0.2) is 47.2 Å². The second kappa shape index (κ2) is 7.42. The minimum atomic E-state index is -0.719. The first kappa shape index (κ1) is 18.2. The Morgan fingerprint density at radius 1 is 1.07 bits per heavy atom. The van der Waals surface area contributed by atoms with Crippen LogP contribution < -0.4 is 10.6 Å². The molecule has 1 aliphatic heterocycles. The van der Waals surface area contributed by atoms with Crippen molar-refractivity contribution in [2.45, 2.75) is 37.8 Å². The lowest BCUT2D eigenvalue weighted by Crippen LogP contribution is -2.46. The molecule has 2 aliphatic rings. The third kappa shape index (κ3) is 3.74. The molecule has 0 spiro atoms. The maximum Gasteiger partial charge on any atom is 0.251 e. The molecule has 144 valence electrons. The Morgan fingerprint density at radius 3 is 2.50 bits per heavy atom. The summed E-state index contributed by atoms with van der Waals surface area (Å²) in [6, 6.07) is 12.5. The molecule has 1 heterocycles. The highest BCUT2D eigenvalue weighted by Gasteiger charge is 2.44. The van der Waals surface area contributed by atoms with Gasteiger partial charge in [0.15, 0.2) is 0 Å². The van der Waals surface area contributed by atoms with Crippen molar-refractivity contribution in [1.29, 1.82) is 0 Å². The standard InChI is InChI=1S/C21H21N3O4/c25-18-12-17(21(28)23-18)24(16-7-8-16)19(26)9-10-22-20(27)15-6-5-13-3-1-2-4-14(13)11-15/h1-6,11,16-17H,7-10,12H2,(H,22,27)(H,23,25,28). The number of carbonyl (C=O) groups is 4. The van der Waals surface area contributed by atoms with Gasteiger partial charge in [-0.25, -0.2) is 0 Å². The lowest BCUT2D eigenvalue weighted by Gasteiger charge is -2.26. The Morgan fingerprint density at radius 2 is 1.82 bits per heavy atom. The van der Waals surface area contributed by atoms with Gasteiger partial charge in [0.1, 0.15) is 6.04 Å². The molecule has 2 aromatic carbocycles. The van der Waals surface area contributed by atoms with Crippen molar-refractivity contribution in [3.63, 3.8) is 0 Å². The van der Waals surface area contributed by atoms with E-state index in [-0.39, 0.29) is 43.1 Å². The molecule has 0 bridgehead atoms. The zero-order chi connectivity index (χ0) is 19.7. The predicted molar refractivity (Wildman–Crippen MR) is 102 cm³/mol. The maximum absolute atomic E-state index is 12.6. The van der Waals surface area contributed by atoms with Crippen LogP contribution in [0.4, 0.5) is 0 Å². The van der Waals surface area contributed by atoms with Crippen LogP contribution in [0.2, 0.25) is 0 Å². The number of nitrogens with zero attached hydrogens (tertiary/aromatic N) is 1. The van der Waals surface area contributed by atoms with E-state index in [1.807, 2.05) is 36.4 Å². The van der Waals surface area contributed by atoms with E-state index < -0.39 is 11.9 Å². The number of imide groups is 1. The number of amides is 4. The Kier molecular flexibility index (Phi) is 4.81. The first-order chi connectivity index (χ1) is 13.5. The van der Waals surface area contributed by atoms with Gasteiger partial charge in [-0.15, -0.1) is 0 Å². The van der Waals surface area contributed by atoms with E-state index in [2.05, 4.69) is 10.6 Å². The van der Waals surface area contributed by atoms with E-state index in [4.69, 9.17) is 0 Å². The minimum Gasteiger partial charge on any atom is -0.352 e. The molecule has 4 amide bonds. The largest absolute Gasteiger partial charge is 0.352 e. The van der Waals surface area contributed by atoms with Gasteiger partial charge in [-0.1, -0.05) is 30.3 Å². The fourth-order valence-electron chi connectivity index (χ4n) is 3.59. The van der Waals surface area contributed by atoms with E-state index in [9.17, 15) is 19.2 Å². The number of rotatable bonds is 6. The van der Waals surface area contributed by atoms with Gasteiger partial charge < -0.3 is 10.2 Å². The van der Waals surface area contributed by atoms with Crippen LogP contribution in [0.25, 0.3) is 10.8 Å². The van der Waals surface area contributed by atoms with Gasteiger partial charge >= 0.3 is 0 Å². The molecule has 1 unspecified atom stereocenters. The highest BCUT2D eigenvalue weighted by Crippen LogP contribution is 2.31. The molecule has 1 atom stereocenters. The summed E-state index contributed by atoms with van der Waals surface area (Å²) in [5.41, 5.74) is 0.533. The number of hydrogen-bond donors (Lipinski definition) is 2. The van der Waals surface area contributed by atoms with Crippen LogP contribution in [-0.2, 0) is 14.4 Å². The molecule has 0 radical (unpaired) electrons. The molecule has 1 saturated carbocycles. The van der Waals surface area contributed by atoms with E-state index in [0.29, 0.717) is 5.56 Å². The zero-order valence-electron chi connectivity index (χ0n) is 15.3. The van der Waals surface area contributed by atoms with Crippen molar-refractivity contribution >= 4 is 34.4 Å². The van der Waals surface area contributed by atoms with Crippen molar-refractivity contribution in [1.82, 2.24) is 15.5 Å². The first-order valence-electron chi connectivity index (χ1n) is 9.45. The highest BCUT2D eigenvalue weighted by atomic mass is 16.2. The zero-order valence-corrected chi connectivity index (χ0v) is 15.3. The topological polar surface area (TPSA) is 95.6 Å². The van der Waals surface area contributed by atoms with Crippen molar-refractivity contribution in [3.8, 4) is 0 Å².